The first-order chi connectivity index (χ1) is 9.15. The van der Waals surface area contributed by atoms with Crippen LogP contribution in [-0.4, -0.2) is 47.9 Å². The molecule has 0 radical (unpaired) electrons. The maximum atomic E-state index is 7.46. The van der Waals surface area contributed by atoms with Gasteiger partial charge < -0.3 is 10.6 Å². The number of pyridine rings is 1. The predicted molar refractivity (Wildman–Crippen MR) is 78.8 cm³/mol. The van der Waals surface area contributed by atoms with Crippen LogP contribution >= 0.6 is 0 Å². The topological polar surface area (TPSA) is 69.2 Å². The van der Waals surface area contributed by atoms with Crippen LogP contribution < -0.4 is 10.6 Å². The zero-order valence-corrected chi connectivity index (χ0v) is 11.8. The van der Waals surface area contributed by atoms with Gasteiger partial charge in [-0.25, -0.2) is 0 Å². The van der Waals surface area contributed by atoms with E-state index in [-0.39, 0.29) is 5.84 Å². The largest absolute Gasteiger partial charge is 0.382 e. The summed E-state index contributed by atoms with van der Waals surface area (Å²) in [5.74, 6) is 0.0290. The molecule has 2 heterocycles. The highest BCUT2D eigenvalue weighted by Crippen LogP contribution is 2.23. The first kappa shape index (κ1) is 13.8. The summed E-state index contributed by atoms with van der Waals surface area (Å²) in [7, 11) is 0. The third kappa shape index (κ3) is 3.04. The van der Waals surface area contributed by atoms with Crippen molar-refractivity contribution in [1.82, 2.24) is 9.88 Å². The highest BCUT2D eigenvalue weighted by molar-refractivity contribution is 5.93. The molecule has 0 amide bonds. The summed E-state index contributed by atoms with van der Waals surface area (Å²) in [4.78, 5) is 8.98. The quantitative estimate of drug-likeness (QED) is 0.619. The third-order valence-corrected chi connectivity index (χ3v) is 3.88. The van der Waals surface area contributed by atoms with Crippen LogP contribution in [-0.2, 0) is 0 Å². The van der Waals surface area contributed by atoms with Crippen LogP contribution in [0.3, 0.4) is 0 Å². The monoisotopic (exact) mass is 261 g/mol. The zero-order valence-electron chi connectivity index (χ0n) is 11.8. The molecular formula is C14H23N5. The first-order valence-corrected chi connectivity index (χ1v) is 6.95. The average molecular weight is 261 g/mol. The summed E-state index contributed by atoms with van der Waals surface area (Å²) in [5, 5.41) is 7.46. The molecule has 0 saturated carbocycles. The van der Waals surface area contributed by atoms with Gasteiger partial charge >= 0.3 is 0 Å². The highest BCUT2D eigenvalue weighted by atomic mass is 15.2. The maximum absolute atomic E-state index is 7.46. The second-order valence-electron chi connectivity index (χ2n) is 4.92. The number of nitrogens with zero attached hydrogens (tertiary/aromatic N) is 3. The van der Waals surface area contributed by atoms with E-state index in [1.807, 2.05) is 12.1 Å². The van der Waals surface area contributed by atoms with Gasteiger partial charge in [0.2, 0.25) is 0 Å². The summed E-state index contributed by atoms with van der Waals surface area (Å²) in [6.07, 6.45) is 2.93. The fraction of sp³-hybridized carbons (Fsp3) is 0.571. The summed E-state index contributed by atoms with van der Waals surface area (Å²) >= 11 is 0. The Kier molecular flexibility index (Phi) is 4.37. The molecule has 19 heavy (non-hydrogen) atoms. The fourth-order valence-electron chi connectivity index (χ4n) is 2.78. The van der Waals surface area contributed by atoms with Gasteiger partial charge in [0.15, 0.2) is 0 Å². The van der Waals surface area contributed by atoms with Crippen molar-refractivity contribution in [2.75, 3.05) is 31.1 Å². The fourth-order valence-corrected chi connectivity index (χ4v) is 2.78. The van der Waals surface area contributed by atoms with Crippen LogP contribution in [0.2, 0.25) is 0 Å². The molecule has 3 N–H and O–H groups in total. The van der Waals surface area contributed by atoms with Crippen LogP contribution in [0.1, 0.15) is 26.0 Å². The molecule has 1 aliphatic rings. The number of amidine groups is 1. The van der Waals surface area contributed by atoms with Crippen molar-refractivity contribution in [1.29, 1.82) is 5.41 Å². The standard InChI is InChI=1S/C14H23N5/c1-3-18(4-2)12-6-8-19(10-12)11-5-7-17-13(9-11)14(15)16/h5,7,9,12H,3-4,6,8,10H2,1-2H3,(H3,15,16). The molecule has 1 atom stereocenters. The van der Waals surface area contributed by atoms with E-state index in [2.05, 4.69) is 28.6 Å². The first-order valence-electron chi connectivity index (χ1n) is 6.95. The van der Waals surface area contributed by atoms with Gasteiger partial charge in [0, 0.05) is 31.0 Å². The summed E-state index contributed by atoms with van der Waals surface area (Å²) < 4.78 is 0. The number of hydrogen-bond acceptors (Lipinski definition) is 4. The molecule has 0 aromatic carbocycles. The van der Waals surface area contributed by atoms with E-state index in [4.69, 9.17) is 11.1 Å². The average Bonchev–Trinajstić information content (AvgIpc) is 2.90. The van der Waals surface area contributed by atoms with E-state index in [0.29, 0.717) is 11.7 Å². The zero-order chi connectivity index (χ0) is 13.8. The Balaban J connectivity index is 2.08. The number of aromatic nitrogens is 1. The molecule has 1 aliphatic heterocycles. The summed E-state index contributed by atoms with van der Waals surface area (Å²) in [5.41, 5.74) is 7.17. The number of nitrogen functional groups attached to an aromatic ring is 1. The molecule has 1 fully saturated rings. The number of anilines is 1. The van der Waals surface area contributed by atoms with Crippen molar-refractivity contribution in [2.45, 2.75) is 26.3 Å². The highest BCUT2D eigenvalue weighted by Gasteiger charge is 2.26. The van der Waals surface area contributed by atoms with Crippen molar-refractivity contribution in [2.24, 2.45) is 5.73 Å². The van der Waals surface area contributed by atoms with E-state index >= 15 is 0 Å². The van der Waals surface area contributed by atoms with Crippen LogP contribution in [0.5, 0.6) is 0 Å². The van der Waals surface area contributed by atoms with E-state index in [0.717, 1.165) is 31.9 Å². The minimum atomic E-state index is 0.0290. The molecule has 1 aromatic rings. The van der Waals surface area contributed by atoms with Crippen molar-refractivity contribution in [3.05, 3.63) is 24.0 Å². The Hall–Kier alpha value is -1.62. The maximum Gasteiger partial charge on any atom is 0.141 e. The lowest BCUT2D eigenvalue weighted by Gasteiger charge is -2.26. The molecule has 0 spiro atoms. The Morgan fingerprint density at radius 2 is 2.26 bits per heavy atom. The third-order valence-electron chi connectivity index (χ3n) is 3.88. The van der Waals surface area contributed by atoms with Crippen LogP contribution in [0.15, 0.2) is 18.3 Å². The SMILES string of the molecule is CCN(CC)C1CCN(c2ccnc(C(=N)N)c2)C1. The number of hydrogen-bond donors (Lipinski definition) is 2. The lowest BCUT2D eigenvalue weighted by atomic mass is 10.2. The Labute approximate surface area is 114 Å². The predicted octanol–water partition coefficient (Wildman–Crippen LogP) is 1.29. The van der Waals surface area contributed by atoms with Gasteiger partial charge in [-0.1, -0.05) is 13.8 Å². The number of likely N-dealkylation sites (N-methyl/N-ethyl adjacent to an activating group) is 1. The normalized spacial score (nSPS) is 19.1. The van der Waals surface area contributed by atoms with Crippen LogP contribution in [0.4, 0.5) is 5.69 Å². The van der Waals surface area contributed by atoms with Crippen molar-refractivity contribution in [3.8, 4) is 0 Å². The lowest BCUT2D eigenvalue weighted by Crippen LogP contribution is -2.37. The van der Waals surface area contributed by atoms with E-state index in [1.54, 1.807) is 6.20 Å². The number of nitrogens with two attached hydrogens (primary N) is 1. The van der Waals surface area contributed by atoms with E-state index in [9.17, 15) is 0 Å². The molecule has 5 nitrogen and oxygen atoms in total. The molecule has 0 aliphatic carbocycles. The van der Waals surface area contributed by atoms with Crippen molar-refractivity contribution in [3.63, 3.8) is 0 Å². The molecular weight excluding hydrogens is 238 g/mol. The Morgan fingerprint density at radius 1 is 1.53 bits per heavy atom. The minimum Gasteiger partial charge on any atom is -0.382 e. The van der Waals surface area contributed by atoms with E-state index in [1.165, 1.54) is 6.42 Å². The molecule has 5 heteroatoms. The molecule has 2 rings (SSSR count). The van der Waals surface area contributed by atoms with Gasteiger partial charge in [0.1, 0.15) is 11.5 Å². The van der Waals surface area contributed by atoms with Crippen molar-refractivity contribution < 1.29 is 0 Å². The Bertz CT molecular complexity index is 441. The molecule has 1 aromatic heterocycles. The second-order valence-corrected chi connectivity index (χ2v) is 4.92. The van der Waals surface area contributed by atoms with Crippen LogP contribution in [0, 0.1) is 5.41 Å². The molecule has 1 saturated heterocycles. The molecule has 0 bridgehead atoms. The number of nitrogens with one attached hydrogen (secondary N) is 1. The summed E-state index contributed by atoms with van der Waals surface area (Å²) in [6.45, 7) is 8.73. The summed E-state index contributed by atoms with van der Waals surface area (Å²) in [6, 6.07) is 4.54. The lowest BCUT2D eigenvalue weighted by molar-refractivity contribution is 0.232. The van der Waals surface area contributed by atoms with Crippen LogP contribution in [0.25, 0.3) is 0 Å². The second kappa shape index (κ2) is 6.02. The van der Waals surface area contributed by atoms with Gasteiger partial charge in [0.05, 0.1) is 0 Å². The smallest absolute Gasteiger partial charge is 0.141 e. The minimum absolute atomic E-state index is 0.0290. The van der Waals surface area contributed by atoms with E-state index < -0.39 is 0 Å². The van der Waals surface area contributed by atoms with Gasteiger partial charge in [-0.3, -0.25) is 15.3 Å². The van der Waals surface area contributed by atoms with Gasteiger partial charge in [-0.15, -0.1) is 0 Å². The molecule has 1 unspecified atom stereocenters. The van der Waals surface area contributed by atoms with Gasteiger partial charge in [-0.2, -0.15) is 0 Å². The number of rotatable bonds is 5. The van der Waals surface area contributed by atoms with Gasteiger partial charge in [-0.05, 0) is 31.6 Å². The Morgan fingerprint density at radius 3 is 2.89 bits per heavy atom. The van der Waals surface area contributed by atoms with Gasteiger partial charge in [0.25, 0.3) is 0 Å². The van der Waals surface area contributed by atoms with Crippen molar-refractivity contribution >= 4 is 11.5 Å². The molecule has 104 valence electrons.